The van der Waals surface area contributed by atoms with Gasteiger partial charge in [-0.3, -0.25) is 19.3 Å². The molecular formula is C26H25F4N5O. The molecule has 6 nitrogen and oxygen atoms in total. The normalized spacial score (nSPS) is 14.1. The van der Waals surface area contributed by atoms with E-state index in [0.29, 0.717) is 17.1 Å². The Kier molecular flexibility index (Phi) is 7.42. The minimum Gasteiger partial charge on any atom is -0.285 e. The number of fused-ring (bicyclic) bond motifs is 1. The van der Waals surface area contributed by atoms with Gasteiger partial charge in [-0.2, -0.15) is 13.2 Å². The van der Waals surface area contributed by atoms with Gasteiger partial charge in [0.2, 0.25) is 0 Å². The molecule has 3 aromatic heterocycles. The van der Waals surface area contributed by atoms with Crippen molar-refractivity contribution in [3.8, 4) is 0 Å². The Morgan fingerprint density at radius 2 is 1.72 bits per heavy atom. The summed E-state index contributed by atoms with van der Waals surface area (Å²) in [5.41, 5.74) is 1.29. The Balaban J connectivity index is 0.000000197. The average Bonchev–Trinajstić information content (AvgIpc) is 3.35. The van der Waals surface area contributed by atoms with Crippen molar-refractivity contribution in [2.24, 2.45) is 0 Å². The van der Waals surface area contributed by atoms with Gasteiger partial charge in [0, 0.05) is 24.7 Å². The Morgan fingerprint density at radius 3 is 2.42 bits per heavy atom. The van der Waals surface area contributed by atoms with Gasteiger partial charge in [0.25, 0.3) is 5.56 Å². The SMILES string of the molecule is Cc1cccc(F)c1C1CCCC1.Cc1cnc2ccc(=O)n(Cc3nccnc3C(F)(F)F)c2n1. The van der Waals surface area contributed by atoms with E-state index in [9.17, 15) is 22.4 Å². The van der Waals surface area contributed by atoms with Crippen molar-refractivity contribution in [2.75, 3.05) is 0 Å². The number of aromatic nitrogens is 5. The summed E-state index contributed by atoms with van der Waals surface area (Å²) in [6.45, 7) is 3.30. The lowest BCUT2D eigenvalue weighted by atomic mass is 9.93. The summed E-state index contributed by atoms with van der Waals surface area (Å²) < 4.78 is 53.6. The number of nitrogens with zero attached hydrogens (tertiary/aromatic N) is 5. The molecule has 0 amide bonds. The van der Waals surface area contributed by atoms with Crippen LogP contribution in [0.15, 0.2) is 53.7 Å². The summed E-state index contributed by atoms with van der Waals surface area (Å²) in [4.78, 5) is 27.4. The molecule has 5 rings (SSSR count). The van der Waals surface area contributed by atoms with Crippen LogP contribution in [0, 0.1) is 19.7 Å². The smallest absolute Gasteiger partial charge is 0.285 e. The van der Waals surface area contributed by atoms with Gasteiger partial charge in [-0.25, -0.2) is 14.4 Å². The van der Waals surface area contributed by atoms with Crippen LogP contribution in [0.2, 0.25) is 0 Å². The molecule has 0 bridgehead atoms. The van der Waals surface area contributed by atoms with Gasteiger partial charge in [0.05, 0.1) is 17.9 Å². The predicted octanol–water partition coefficient (Wildman–Crippen LogP) is 5.75. The van der Waals surface area contributed by atoms with Crippen molar-refractivity contribution in [1.82, 2.24) is 24.5 Å². The monoisotopic (exact) mass is 499 g/mol. The van der Waals surface area contributed by atoms with Crippen LogP contribution in [0.5, 0.6) is 0 Å². The number of hydrogen-bond acceptors (Lipinski definition) is 5. The molecule has 1 aliphatic carbocycles. The first-order valence-electron chi connectivity index (χ1n) is 11.6. The van der Waals surface area contributed by atoms with Crippen molar-refractivity contribution in [3.63, 3.8) is 0 Å². The zero-order chi connectivity index (χ0) is 25.9. The fourth-order valence-corrected chi connectivity index (χ4v) is 4.53. The van der Waals surface area contributed by atoms with E-state index in [4.69, 9.17) is 0 Å². The van der Waals surface area contributed by atoms with Crippen LogP contribution < -0.4 is 5.56 Å². The maximum atomic E-state index is 13.5. The van der Waals surface area contributed by atoms with Crippen molar-refractivity contribution in [3.05, 3.63) is 93.3 Å². The second-order valence-electron chi connectivity index (χ2n) is 8.78. The Bertz CT molecular complexity index is 1410. The highest BCUT2D eigenvalue weighted by Gasteiger charge is 2.36. The predicted molar refractivity (Wildman–Crippen MR) is 127 cm³/mol. The third-order valence-corrected chi connectivity index (χ3v) is 6.19. The first-order valence-corrected chi connectivity index (χ1v) is 11.6. The molecule has 0 radical (unpaired) electrons. The molecule has 0 unspecified atom stereocenters. The highest BCUT2D eigenvalue weighted by molar-refractivity contribution is 5.69. The van der Waals surface area contributed by atoms with E-state index in [1.54, 1.807) is 19.1 Å². The summed E-state index contributed by atoms with van der Waals surface area (Å²) in [5.74, 6) is 0.480. The van der Waals surface area contributed by atoms with Crippen LogP contribution in [0.4, 0.5) is 17.6 Å². The maximum Gasteiger partial charge on any atom is 0.435 e. The van der Waals surface area contributed by atoms with Crippen LogP contribution in [0.1, 0.15) is 59.8 Å². The fourth-order valence-electron chi connectivity index (χ4n) is 4.53. The molecule has 0 aliphatic heterocycles. The van der Waals surface area contributed by atoms with Gasteiger partial charge in [-0.05, 0) is 55.9 Å². The van der Waals surface area contributed by atoms with Crippen molar-refractivity contribution < 1.29 is 17.6 Å². The van der Waals surface area contributed by atoms with E-state index in [1.165, 1.54) is 44.0 Å². The molecule has 1 aliphatic rings. The molecule has 36 heavy (non-hydrogen) atoms. The zero-order valence-electron chi connectivity index (χ0n) is 19.9. The van der Waals surface area contributed by atoms with Crippen molar-refractivity contribution in [1.29, 1.82) is 0 Å². The van der Waals surface area contributed by atoms with E-state index in [-0.39, 0.29) is 17.2 Å². The lowest BCUT2D eigenvalue weighted by Gasteiger charge is -2.13. The molecule has 0 atom stereocenters. The van der Waals surface area contributed by atoms with E-state index >= 15 is 0 Å². The summed E-state index contributed by atoms with van der Waals surface area (Å²) in [7, 11) is 0. The van der Waals surface area contributed by atoms with Gasteiger partial charge >= 0.3 is 6.18 Å². The van der Waals surface area contributed by atoms with Gasteiger partial charge in [-0.1, -0.05) is 25.0 Å². The largest absolute Gasteiger partial charge is 0.435 e. The van der Waals surface area contributed by atoms with E-state index in [1.807, 2.05) is 13.0 Å². The molecule has 1 saturated carbocycles. The Labute approximate surface area is 205 Å². The van der Waals surface area contributed by atoms with E-state index in [2.05, 4.69) is 19.9 Å². The topological polar surface area (TPSA) is 73.6 Å². The van der Waals surface area contributed by atoms with Gasteiger partial charge in [-0.15, -0.1) is 0 Å². The number of halogens is 4. The van der Waals surface area contributed by atoms with Gasteiger partial charge in [0.15, 0.2) is 11.3 Å². The molecule has 0 N–H and O–H groups in total. The van der Waals surface area contributed by atoms with Crippen LogP contribution in [0.3, 0.4) is 0 Å². The second kappa shape index (κ2) is 10.5. The quantitative estimate of drug-likeness (QED) is 0.336. The molecule has 0 spiro atoms. The third kappa shape index (κ3) is 5.58. The first-order chi connectivity index (χ1) is 17.1. The summed E-state index contributed by atoms with van der Waals surface area (Å²) in [6, 6.07) is 8.10. The highest BCUT2D eigenvalue weighted by Crippen LogP contribution is 2.36. The third-order valence-electron chi connectivity index (χ3n) is 6.19. The maximum absolute atomic E-state index is 13.5. The molecule has 4 aromatic rings. The molecule has 10 heteroatoms. The van der Waals surface area contributed by atoms with Crippen LogP contribution in [-0.4, -0.2) is 24.5 Å². The fraction of sp³-hybridized carbons (Fsp3) is 0.346. The average molecular weight is 500 g/mol. The number of pyridine rings is 1. The summed E-state index contributed by atoms with van der Waals surface area (Å²) in [5, 5.41) is 0. The first kappa shape index (κ1) is 25.4. The lowest BCUT2D eigenvalue weighted by molar-refractivity contribution is -0.142. The Hall–Kier alpha value is -3.69. The van der Waals surface area contributed by atoms with Crippen LogP contribution in [-0.2, 0) is 12.7 Å². The van der Waals surface area contributed by atoms with Crippen molar-refractivity contribution >= 4 is 11.2 Å². The molecule has 0 saturated heterocycles. The van der Waals surface area contributed by atoms with Gasteiger partial charge in [0.1, 0.15) is 11.3 Å². The number of benzene rings is 1. The second-order valence-corrected chi connectivity index (χ2v) is 8.78. The minimum atomic E-state index is -4.65. The molecule has 1 aromatic carbocycles. The minimum absolute atomic E-state index is 0.00750. The zero-order valence-corrected chi connectivity index (χ0v) is 19.9. The van der Waals surface area contributed by atoms with Crippen LogP contribution >= 0.6 is 0 Å². The molecular weight excluding hydrogens is 474 g/mol. The van der Waals surface area contributed by atoms with Crippen molar-refractivity contribution in [2.45, 2.75) is 58.2 Å². The molecule has 1 fully saturated rings. The van der Waals surface area contributed by atoms with E-state index in [0.717, 1.165) is 28.1 Å². The number of aryl methyl sites for hydroxylation is 2. The lowest BCUT2D eigenvalue weighted by Crippen LogP contribution is -2.24. The number of alkyl halides is 3. The summed E-state index contributed by atoms with van der Waals surface area (Å²) >= 11 is 0. The van der Waals surface area contributed by atoms with E-state index < -0.39 is 24.0 Å². The van der Waals surface area contributed by atoms with Crippen LogP contribution in [0.25, 0.3) is 11.2 Å². The summed E-state index contributed by atoms with van der Waals surface area (Å²) in [6.07, 6.45) is 3.83. The van der Waals surface area contributed by atoms with Gasteiger partial charge < -0.3 is 0 Å². The Morgan fingerprint density at radius 1 is 1.00 bits per heavy atom. The molecule has 3 heterocycles. The number of hydrogen-bond donors (Lipinski definition) is 0. The number of rotatable bonds is 3. The highest BCUT2D eigenvalue weighted by atomic mass is 19.4. The standard InChI is InChI=1S/C14H10F3N5O.C12H15F/c1-8-6-20-9-2-3-11(23)22(13(9)21-8)7-10-12(14(15,16)17)19-5-4-18-10;1-9-5-4-8-11(13)12(9)10-6-2-3-7-10/h2-6H,7H2,1H3;4-5,8,10H,2-3,6-7H2,1H3. The molecule has 188 valence electrons.